The Bertz CT molecular complexity index is 972. The number of anilines is 1. The van der Waals surface area contributed by atoms with E-state index in [0.717, 1.165) is 5.56 Å². The summed E-state index contributed by atoms with van der Waals surface area (Å²) in [5, 5.41) is 20.7. The Morgan fingerprint density at radius 2 is 1.67 bits per heavy atom. The van der Waals surface area contributed by atoms with E-state index in [9.17, 15) is 14.4 Å². The minimum Gasteiger partial charge on any atom is -0.481 e. The lowest BCUT2D eigenvalue weighted by Crippen LogP contribution is -2.51. The predicted molar refractivity (Wildman–Crippen MR) is 122 cm³/mol. The van der Waals surface area contributed by atoms with Crippen molar-refractivity contribution in [3.05, 3.63) is 59.9 Å². The molecule has 0 radical (unpaired) electrons. The molecular formula is C23H27N5O5. The number of amides is 1. The van der Waals surface area contributed by atoms with Crippen LogP contribution in [0, 0.1) is 0 Å². The maximum Gasteiger partial charge on any atom is 0.338 e. The zero-order chi connectivity index (χ0) is 23.6. The van der Waals surface area contributed by atoms with Crippen LogP contribution in [0.25, 0.3) is 6.08 Å². The lowest BCUT2D eigenvalue weighted by atomic mass is 10.1. The first-order valence-corrected chi connectivity index (χ1v) is 10.7. The smallest absolute Gasteiger partial charge is 0.338 e. The first kappa shape index (κ1) is 23.9. The fourth-order valence-corrected chi connectivity index (χ4v) is 3.45. The van der Waals surface area contributed by atoms with Crippen molar-refractivity contribution in [3.8, 4) is 0 Å². The lowest BCUT2D eigenvalue weighted by Gasteiger charge is -2.36. The van der Waals surface area contributed by atoms with Crippen LogP contribution in [0.3, 0.4) is 0 Å². The molecule has 10 nitrogen and oxygen atoms in total. The van der Waals surface area contributed by atoms with E-state index in [0.29, 0.717) is 38.7 Å². The van der Waals surface area contributed by atoms with Crippen LogP contribution < -0.4 is 10.2 Å². The van der Waals surface area contributed by atoms with Gasteiger partial charge in [0.15, 0.2) is 0 Å². The molecule has 1 atom stereocenters. The molecule has 174 valence electrons. The van der Waals surface area contributed by atoms with Crippen LogP contribution in [-0.2, 0) is 9.59 Å². The molecule has 3 N–H and O–H groups in total. The summed E-state index contributed by atoms with van der Waals surface area (Å²) in [7, 11) is 0. The third kappa shape index (κ3) is 7.69. The molecule has 0 saturated carbocycles. The average Bonchev–Trinajstić information content (AvgIpc) is 2.82. The van der Waals surface area contributed by atoms with Crippen LogP contribution in [-0.4, -0.2) is 81.7 Å². The van der Waals surface area contributed by atoms with Gasteiger partial charge >= 0.3 is 11.9 Å². The number of benzene rings is 1. The molecule has 1 saturated heterocycles. The molecule has 0 bridgehead atoms. The van der Waals surface area contributed by atoms with Crippen LogP contribution in [0.5, 0.6) is 0 Å². The van der Waals surface area contributed by atoms with Crippen LogP contribution >= 0.6 is 0 Å². The zero-order valence-electron chi connectivity index (χ0n) is 18.1. The van der Waals surface area contributed by atoms with E-state index >= 15 is 0 Å². The molecule has 0 spiro atoms. The number of hydrogen-bond donors (Lipinski definition) is 3. The number of carbonyl (C=O) groups excluding carboxylic acids is 1. The van der Waals surface area contributed by atoms with E-state index in [1.165, 1.54) is 12.4 Å². The van der Waals surface area contributed by atoms with Crippen molar-refractivity contribution < 1.29 is 24.6 Å². The maximum atomic E-state index is 12.2. The number of aromatic nitrogens is 2. The quantitative estimate of drug-likeness (QED) is 0.487. The summed E-state index contributed by atoms with van der Waals surface area (Å²) in [5.41, 5.74) is 1.05. The molecule has 1 aromatic carbocycles. The molecular weight excluding hydrogens is 426 g/mol. The van der Waals surface area contributed by atoms with E-state index in [-0.39, 0.29) is 30.4 Å². The van der Waals surface area contributed by atoms with Crippen molar-refractivity contribution in [1.82, 2.24) is 20.2 Å². The van der Waals surface area contributed by atoms with Crippen LogP contribution in [0.15, 0.2) is 48.8 Å². The Labute approximate surface area is 191 Å². The summed E-state index contributed by atoms with van der Waals surface area (Å²) < 4.78 is 0. The number of piperazine rings is 1. The standard InChI is InChI=1S/C23H27N5O5/c29-20(8-9-21(30)31)26-19(7-6-17-4-2-1-3-5-17)16-27-10-12-28(13-11-27)23-24-14-18(15-25-23)22(32)33/h1-7,14-15,19H,8-13,16H2,(H,26,29)(H,30,31)(H,32,33). The molecule has 1 amide bonds. The minimum atomic E-state index is -1.06. The lowest BCUT2D eigenvalue weighted by molar-refractivity contribution is -0.138. The molecule has 1 aliphatic rings. The monoisotopic (exact) mass is 453 g/mol. The molecule has 1 unspecified atom stereocenters. The topological polar surface area (TPSA) is 136 Å². The first-order valence-electron chi connectivity index (χ1n) is 10.7. The van der Waals surface area contributed by atoms with Gasteiger partial charge in [-0.3, -0.25) is 14.5 Å². The Morgan fingerprint density at radius 3 is 2.27 bits per heavy atom. The molecule has 10 heteroatoms. The summed E-state index contributed by atoms with van der Waals surface area (Å²) in [6.45, 7) is 3.33. The second kappa shape index (κ2) is 11.7. The van der Waals surface area contributed by atoms with Crippen LogP contribution in [0.1, 0.15) is 28.8 Å². The van der Waals surface area contributed by atoms with Gasteiger partial charge in [-0.25, -0.2) is 14.8 Å². The molecule has 0 aliphatic carbocycles. The number of nitrogens with one attached hydrogen (secondary N) is 1. The van der Waals surface area contributed by atoms with Crippen molar-refractivity contribution >= 4 is 29.9 Å². The summed E-state index contributed by atoms with van der Waals surface area (Å²) in [4.78, 5) is 46.5. The molecule has 2 heterocycles. The van der Waals surface area contributed by atoms with Crippen molar-refractivity contribution in [2.24, 2.45) is 0 Å². The van der Waals surface area contributed by atoms with Gasteiger partial charge in [0.05, 0.1) is 18.0 Å². The highest BCUT2D eigenvalue weighted by atomic mass is 16.4. The summed E-state index contributed by atoms with van der Waals surface area (Å²) >= 11 is 0. The SMILES string of the molecule is O=C(O)CCC(=O)NC(C=Cc1ccccc1)CN1CCN(c2ncc(C(=O)O)cn2)CC1. The van der Waals surface area contributed by atoms with E-state index in [1.807, 2.05) is 47.4 Å². The van der Waals surface area contributed by atoms with E-state index < -0.39 is 11.9 Å². The number of carboxylic acids is 2. The fraction of sp³-hybridized carbons (Fsp3) is 0.348. The van der Waals surface area contributed by atoms with Crippen molar-refractivity contribution in [3.63, 3.8) is 0 Å². The number of rotatable bonds is 10. The van der Waals surface area contributed by atoms with E-state index in [4.69, 9.17) is 10.2 Å². The number of hydrogen-bond acceptors (Lipinski definition) is 7. The first-order chi connectivity index (χ1) is 15.9. The molecule has 33 heavy (non-hydrogen) atoms. The van der Waals surface area contributed by atoms with Gasteiger partial charge < -0.3 is 20.4 Å². The molecule has 1 aliphatic heterocycles. The number of nitrogens with zero attached hydrogens (tertiary/aromatic N) is 4. The second-order valence-electron chi connectivity index (χ2n) is 7.70. The molecule has 2 aromatic rings. The summed E-state index contributed by atoms with van der Waals surface area (Å²) in [5.74, 6) is -1.88. The van der Waals surface area contributed by atoms with Crippen molar-refractivity contribution in [2.45, 2.75) is 18.9 Å². The van der Waals surface area contributed by atoms with Gasteiger partial charge in [0.2, 0.25) is 11.9 Å². The summed E-state index contributed by atoms with van der Waals surface area (Å²) in [6.07, 6.45) is 6.19. The highest BCUT2D eigenvalue weighted by Gasteiger charge is 2.22. The van der Waals surface area contributed by atoms with Gasteiger partial charge in [-0.2, -0.15) is 0 Å². The van der Waals surface area contributed by atoms with Crippen molar-refractivity contribution in [1.29, 1.82) is 0 Å². The Hall–Kier alpha value is -3.79. The third-order valence-corrected chi connectivity index (χ3v) is 5.23. The fourth-order valence-electron chi connectivity index (χ4n) is 3.45. The van der Waals surface area contributed by atoms with Crippen LogP contribution in [0.4, 0.5) is 5.95 Å². The minimum absolute atomic E-state index is 0.0454. The average molecular weight is 453 g/mol. The van der Waals surface area contributed by atoms with Gasteiger partial charge in [-0.1, -0.05) is 42.5 Å². The van der Waals surface area contributed by atoms with E-state index in [2.05, 4.69) is 20.2 Å². The van der Waals surface area contributed by atoms with Gasteiger partial charge in [-0.05, 0) is 5.56 Å². The Kier molecular flexibility index (Phi) is 8.48. The largest absolute Gasteiger partial charge is 0.481 e. The van der Waals surface area contributed by atoms with Crippen LogP contribution in [0.2, 0.25) is 0 Å². The molecule has 1 aromatic heterocycles. The normalized spacial score (nSPS) is 15.3. The number of carboxylic acid groups (broad SMARTS) is 2. The van der Waals surface area contributed by atoms with Gasteiger partial charge in [0.25, 0.3) is 0 Å². The van der Waals surface area contributed by atoms with Gasteiger partial charge in [0.1, 0.15) is 0 Å². The summed E-state index contributed by atoms with van der Waals surface area (Å²) in [6, 6.07) is 9.46. The molecule has 1 fully saturated rings. The van der Waals surface area contributed by atoms with E-state index in [1.54, 1.807) is 0 Å². The predicted octanol–water partition coefficient (Wildman–Crippen LogP) is 1.36. The highest BCUT2D eigenvalue weighted by molar-refractivity contribution is 5.86. The number of carbonyl (C=O) groups is 3. The second-order valence-corrected chi connectivity index (χ2v) is 7.70. The third-order valence-electron chi connectivity index (χ3n) is 5.23. The van der Waals surface area contributed by atoms with Gasteiger partial charge in [0, 0.05) is 51.5 Å². The number of aromatic carboxylic acids is 1. The highest BCUT2D eigenvalue weighted by Crippen LogP contribution is 2.12. The number of aliphatic carboxylic acids is 1. The maximum absolute atomic E-state index is 12.2. The zero-order valence-corrected chi connectivity index (χ0v) is 18.1. The van der Waals surface area contributed by atoms with Gasteiger partial charge in [-0.15, -0.1) is 0 Å². The Balaban J connectivity index is 1.58. The molecule has 3 rings (SSSR count). The van der Waals surface area contributed by atoms with Crippen molar-refractivity contribution in [2.75, 3.05) is 37.6 Å². The Morgan fingerprint density at radius 1 is 1.00 bits per heavy atom.